The Hall–Kier alpha value is -3.15. The minimum Gasteiger partial charge on any atom is -0.504 e. The molecular formula is C15H16O11. The first-order valence-corrected chi connectivity index (χ1v) is 6.95. The zero-order valence-corrected chi connectivity index (χ0v) is 13.0. The fourth-order valence-corrected chi connectivity index (χ4v) is 1.77. The molecule has 0 aliphatic rings. The lowest BCUT2D eigenvalue weighted by Crippen LogP contribution is -2.52. The van der Waals surface area contributed by atoms with E-state index in [1.165, 1.54) is 6.07 Å². The van der Waals surface area contributed by atoms with E-state index in [0.29, 0.717) is 0 Å². The first-order valence-electron chi connectivity index (χ1n) is 6.95. The number of aliphatic hydroxyl groups is 3. The van der Waals surface area contributed by atoms with E-state index in [4.69, 9.17) is 15.3 Å². The van der Waals surface area contributed by atoms with Crippen molar-refractivity contribution >= 4 is 24.0 Å². The lowest BCUT2D eigenvalue weighted by Gasteiger charge is -2.26. The Morgan fingerprint density at radius 1 is 0.923 bits per heavy atom. The minimum atomic E-state index is -2.51. The van der Waals surface area contributed by atoms with Gasteiger partial charge in [-0.15, -0.1) is 0 Å². The molecule has 0 amide bonds. The number of benzene rings is 1. The van der Waals surface area contributed by atoms with Gasteiger partial charge in [0.25, 0.3) is 0 Å². The molecule has 0 aliphatic heterocycles. The molecule has 0 saturated carbocycles. The van der Waals surface area contributed by atoms with Crippen LogP contribution in [0.4, 0.5) is 0 Å². The second kappa shape index (κ2) is 8.80. The highest BCUT2D eigenvalue weighted by molar-refractivity contribution is 5.88. The van der Waals surface area contributed by atoms with Crippen molar-refractivity contribution in [2.45, 2.75) is 24.4 Å². The number of phenols is 2. The quantitative estimate of drug-likeness (QED) is 0.155. The summed E-state index contributed by atoms with van der Waals surface area (Å²) in [7, 11) is 0. The normalized spacial score (nSPS) is 15.8. The van der Waals surface area contributed by atoms with Crippen LogP contribution in [0.25, 0.3) is 6.08 Å². The topological polar surface area (TPSA) is 202 Å². The van der Waals surface area contributed by atoms with E-state index in [1.807, 2.05) is 0 Å². The maximum Gasteiger partial charge on any atom is 0.336 e. The first kappa shape index (κ1) is 20.9. The molecule has 26 heavy (non-hydrogen) atoms. The fourth-order valence-electron chi connectivity index (χ4n) is 1.77. The van der Waals surface area contributed by atoms with E-state index in [2.05, 4.69) is 4.74 Å². The van der Waals surface area contributed by atoms with Gasteiger partial charge >= 0.3 is 17.9 Å². The molecule has 142 valence electrons. The average Bonchev–Trinajstić information content (AvgIpc) is 2.58. The van der Waals surface area contributed by atoms with Crippen molar-refractivity contribution in [3.63, 3.8) is 0 Å². The largest absolute Gasteiger partial charge is 0.504 e. The molecule has 0 fully saturated rings. The van der Waals surface area contributed by atoms with Gasteiger partial charge in [-0.1, -0.05) is 6.07 Å². The van der Waals surface area contributed by atoms with Crippen molar-refractivity contribution in [3.05, 3.63) is 29.8 Å². The van der Waals surface area contributed by atoms with Gasteiger partial charge in [-0.25, -0.2) is 14.4 Å². The molecule has 1 rings (SSSR count). The van der Waals surface area contributed by atoms with Crippen LogP contribution in [-0.2, 0) is 19.1 Å². The third-order valence-electron chi connectivity index (χ3n) is 3.14. The van der Waals surface area contributed by atoms with Crippen molar-refractivity contribution < 1.29 is 54.9 Å². The highest BCUT2D eigenvalue weighted by Crippen LogP contribution is 2.25. The number of ether oxygens (including phenoxy) is 1. The van der Waals surface area contributed by atoms with Crippen molar-refractivity contribution in [2.75, 3.05) is 0 Å². The highest BCUT2D eigenvalue weighted by Gasteiger charge is 2.41. The summed E-state index contributed by atoms with van der Waals surface area (Å²) < 4.78 is 4.54. The molecule has 11 heteroatoms. The number of aliphatic hydroxyl groups excluding tert-OH is 3. The molecule has 11 nitrogen and oxygen atoms in total. The molecule has 0 spiro atoms. The predicted molar refractivity (Wildman–Crippen MR) is 82.0 cm³/mol. The monoisotopic (exact) mass is 372 g/mol. The Bertz CT molecular complexity index is 712. The third-order valence-corrected chi connectivity index (χ3v) is 3.14. The van der Waals surface area contributed by atoms with Crippen molar-refractivity contribution in [3.8, 4) is 11.5 Å². The number of aromatic hydroxyl groups is 2. The van der Waals surface area contributed by atoms with Crippen molar-refractivity contribution in [1.29, 1.82) is 0 Å². The summed E-state index contributed by atoms with van der Waals surface area (Å²) in [5, 5.41) is 64.2. The first-order chi connectivity index (χ1) is 12.0. The van der Waals surface area contributed by atoms with Crippen LogP contribution < -0.4 is 0 Å². The molecule has 0 aliphatic carbocycles. The van der Waals surface area contributed by atoms with Crippen LogP contribution in [0, 0.1) is 0 Å². The smallest absolute Gasteiger partial charge is 0.336 e. The molecule has 0 unspecified atom stereocenters. The van der Waals surface area contributed by atoms with E-state index in [-0.39, 0.29) is 5.56 Å². The zero-order valence-electron chi connectivity index (χ0n) is 13.0. The van der Waals surface area contributed by atoms with Gasteiger partial charge in [0.1, 0.15) is 6.10 Å². The third kappa shape index (κ3) is 5.44. The van der Waals surface area contributed by atoms with Gasteiger partial charge in [-0.3, -0.25) is 0 Å². The number of hydrogen-bond acceptors (Lipinski definition) is 9. The van der Waals surface area contributed by atoms with Gasteiger partial charge in [0.2, 0.25) is 0 Å². The van der Waals surface area contributed by atoms with Crippen molar-refractivity contribution in [2.24, 2.45) is 0 Å². The summed E-state index contributed by atoms with van der Waals surface area (Å²) in [6.45, 7) is 0. The van der Waals surface area contributed by atoms with Gasteiger partial charge in [0, 0.05) is 6.08 Å². The van der Waals surface area contributed by atoms with E-state index in [1.54, 1.807) is 0 Å². The van der Waals surface area contributed by atoms with Gasteiger partial charge < -0.3 is 40.5 Å². The molecule has 0 aromatic heterocycles. The van der Waals surface area contributed by atoms with E-state index in [0.717, 1.165) is 24.3 Å². The highest BCUT2D eigenvalue weighted by atomic mass is 16.6. The molecular weight excluding hydrogens is 356 g/mol. The van der Waals surface area contributed by atoms with Crippen LogP contribution in [-0.4, -0.2) is 78.1 Å². The van der Waals surface area contributed by atoms with Crippen LogP contribution in [0.3, 0.4) is 0 Å². The number of hydrogen-bond donors (Lipinski definition) is 7. The minimum absolute atomic E-state index is 0.235. The van der Waals surface area contributed by atoms with E-state index >= 15 is 0 Å². The second-order valence-corrected chi connectivity index (χ2v) is 5.04. The van der Waals surface area contributed by atoms with Crippen LogP contribution in [0.15, 0.2) is 24.3 Å². The molecule has 0 radical (unpaired) electrons. The summed E-state index contributed by atoms with van der Waals surface area (Å²) in [6, 6.07) is 3.53. The summed E-state index contributed by atoms with van der Waals surface area (Å²) in [5.41, 5.74) is 0.235. The van der Waals surface area contributed by atoms with Gasteiger partial charge in [0.15, 0.2) is 29.8 Å². The maximum atomic E-state index is 11.7. The molecule has 4 atom stereocenters. The molecule has 1 aromatic carbocycles. The Kier molecular flexibility index (Phi) is 7.07. The van der Waals surface area contributed by atoms with Crippen LogP contribution >= 0.6 is 0 Å². The summed E-state index contributed by atoms with van der Waals surface area (Å²) in [4.78, 5) is 33.2. The molecule has 0 saturated heterocycles. The standard InChI is InChI=1S/C15H16O11/c16-7-3-1-6(5-8(7)17)2-4-9(18)26-13(12(21)15(24)25)10(19)11(20)14(22)23/h1-5,10-13,16-17,19-21H,(H,22,23)(H,24,25)/b4-2+/t10-,11+,12-,13+/m1/s1. The van der Waals surface area contributed by atoms with Crippen LogP contribution in [0.5, 0.6) is 11.5 Å². The van der Waals surface area contributed by atoms with Crippen molar-refractivity contribution in [1.82, 2.24) is 0 Å². The number of carbonyl (C=O) groups is 3. The Labute approximate surface area is 145 Å². The number of phenolic OH excluding ortho intramolecular Hbond substituents is 2. The van der Waals surface area contributed by atoms with Gasteiger partial charge in [-0.05, 0) is 23.8 Å². The lowest BCUT2D eigenvalue weighted by molar-refractivity contribution is -0.184. The Morgan fingerprint density at radius 2 is 1.50 bits per heavy atom. The molecule has 1 aromatic rings. The second-order valence-electron chi connectivity index (χ2n) is 5.04. The lowest BCUT2D eigenvalue weighted by atomic mass is 10.0. The van der Waals surface area contributed by atoms with Gasteiger partial charge in [0.05, 0.1) is 0 Å². The Balaban J connectivity index is 2.93. The molecule has 7 N–H and O–H groups in total. The van der Waals surface area contributed by atoms with E-state index in [9.17, 15) is 34.8 Å². The number of rotatable bonds is 8. The van der Waals surface area contributed by atoms with Gasteiger partial charge in [-0.2, -0.15) is 0 Å². The van der Waals surface area contributed by atoms with E-state index < -0.39 is 53.8 Å². The number of aliphatic carboxylic acids is 2. The average molecular weight is 372 g/mol. The number of carboxylic acids is 2. The molecule has 0 heterocycles. The van der Waals surface area contributed by atoms with Crippen LogP contribution in [0.1, 0.15) is 5.56 Å². The zero-order chi connectivity index (χ0) is 20.0. The number of carbonyl (C=O) groups excluding carboxylic acids is 1. The van der Waals surface area contributed by atoms with Crippen LogP contribution in [0.2, 0.25) is 0 Å². The maximum absolute atomic E-state index is 11.7. The number of esters is 1. The molecule has 0 bridgehead atoms. The summed E-state index contributed by atoms with van der Waals surface area (Å²) in [6.07, 6.45) is -7.90. The summed E-state index contributed by atoms with van der Waals surface area (Å²) in [5.74, 6) is -6.00. The number of carboxylic acid groups (broad SMARTS) is 2. The SMILES string of the molecule is O=C(/C=C/c1ccc(O)c(O)c1)O[C@@H]([C@H](O)[C@H](O)C(=O)O)[C@@H](O)C(=O)O. The summed E-state index contributed by atoms with van der Waals surface area (Å²) >= 11 is 0. The Morgan fingerprint density at radius 3 is 2.00 bits per heavy atom. The predicted octanol–water partition coefficient (Wildman–Crippen LogP) is -1.73. The fraction of sp³-hybridized carbons (Fsp3) is 0.267.